The first kappa shape index (κ1) is 14.6. The van der Waals surface area contributed by atoms with Gasteiger partial charge in [0, 0.05) is 10.6 Å². The van der Waals surface area contributed by atoms with E-state index in [1.807, 2.05) is 0 Å². The van der Waals surface area contributed by atoms with Crippen molar-refractivity contribution in [1.29, 1.82) is 0 Å². The molecule has 0 saturated carbocycles. The van der Waals surface area contributed by atoms with Crippen molar-refractivity contribution in [2.75, 3.05) is 5.73 Å². The van der Waals surface area contributed by atoms with Gasteiger partial charge >= 0.3 is 5.97 Å². The summed E-state index contributed by atoms with van der Waals surface area (Å²) >= 11 is 11.5. The van der Waals surface area contributed by atoms with Crippen LogP contribution >= 0.6 is 23.2 Å². The molecule has 2 N–H and O–H groups in total. The first-order valence-electron chi connectivity index (χ1n) is 5.63. The Balaban J connectivity index is 2.08. The molecule has 20 heavy (non-hydrogen) atoms. The minimum atomic E-state index is -0.618. The molecule has 3 nitrogen and oxygen atoms in total. The molecule has 0 heterocycles. The number of benzene rings is 2. The molecule has 0 radical (unpaired) electrons. The Morgan fingerprint density at radius 1 is 1.20 bits per heavy atom. The van der Waals surface area contributed by atoms with Crippen LogP contribution in [-0.2, 0) is 11.3 Å². The smallest absolute Gasteiger partial charge is 0.338 e. The van der Waals surface area contributed by atoms with Crippen molar-refractivity contribution in [3.05, 3.63) is 63.4 Å². The fraction of sp³-hybridized carbons (Fsp3) is 0.0714. The highest BCUT2D eigenvalue weighted by Gasteiger charge is 2.11. The van der Waals surface area contributed by atoms with E-state index in [2.05, 4.69) is 0 Å². The second kappa shape index (κ2) is 6.11. The molecule has 0 aromatic heterocycles. The summed E-state index contributed by atoms with van der Waals surface area (Å²) in [5, 5.41) is 0.718. The van der Waals surface area contributed by atoms with Crippen molar-refractivity contribution >= 4 is 34.9 Å². The highest BCUT2D eigenvalue weighted by atomic mass is 35.5. The number of carbonyl (C=O) groups excluding carboxylic acids is 1. The van der Waals surface area contributed by atoms with E-state index in [1.54, 1.807) is 0 Å². The number of ether oxygens (including phenoxy) is 1. The van der Waals surface area contributed by atoms with E-state index < -0.39 is 11.8 Å². The Labute approximate surface area is 125 Å². The number of nitrogens with two attached hydrogens (primary N) is 1. The molecule has 6 heteroatoms. The Bertz CT molecular complexity index is 662. The topological polar surface area (TPSA) is 52.3 Å². The summed E-state index contributed by atoms with van der Waals surface area (Å²) in [5.74, 6) is -1.11. The molecule has 0 unspecified atom stereocenters. The van der Waals surface area contributed by atoms with Crippen LogP contribution in [0.3, 0.4) is 0 Å². The lowest BCUT2D eigenvalue weighted by molar-refractivity contribution is 0.0469. The molecule has 0 aliphatic heterocycles. The van der Waals surface area contributed by atoms with Gasteiger partial charge in [0.2, 0.25) is 0 Å². The number of hydrogen-bond donors (Lipinski definition) is 1. The SMILES string of the molecule is Nc1cc(C(=O)OCc2cc(Cl)ccc2F)ccc1Cl. The number of rotatable bonds is 3. The summed E-state index contributed by atoms with van der Waals surface area (Å²) in [4.78, 5) is 11.8. The van der Waals surface area contributed by atoms with E-state index in [-0.39, 0.29) is 23.4 Å². The molecule has 0 aliphatic rings. The predicted octanol–water partition coefficient (Wildman–Crippen LogP) is 4.07. The number of halogens is 3. The zero-order valence-electron chi connectivity index (χ0n) is 10.2. The molecule has 2 aromatic carbocycles. The second-order valence-electron chi connectivity index (χ2n) is 4.05. The molecule has 0 saturated heterocycles. The molecule has 0 bridgehead atoms. The first-order chi connectivity index (χ1) is 9.47. The average molecular weight is 314 g/mol. The van der Waals surface area contributed by atoms with Crippen molar-refractivity contribution in [2.24, 2.45) is 0 Å². The van der Waals surface area contributed by atoms with Crippen LogP contribution in [0, 0.1) is 5.82 Å². The average Bonchev–Trinajstić information content (AvgIpc) is 2.42. The third-order valence-corrected chi connectivity index (χ3v) is 3.18. The van der Waals surface area contributed by atoms with E-state index in [1.165, 1.54) is 36.4 Å². The highest BCUT2D eigenvalue weighted by molar-refractivity contribution is 6.33. The lowest BCUT2D eigenvalue weighted by Crippen LogP contribution is -2.07. The lowest BCUT2D eigenvalue weighted by Gasteiger charge is -2.07. The molecule has 2 aromatic rings. The Kier molecular flexibility index (Phi) is 4.47. The van der Waals surface area contributed by atoms with Gasteiger partial charge in [-0.05, 0) is 36.4 Å². The fourth-order valence-corrected chi connectivity index (χ4v) is 1.86. The van der Waals surface area contributed by atoms with Gasteiger partial charge in [0.05, 0.1) is 16.3 Å². The van der Waals surface area contributed by atoms with Gasteiger partial charge < -0.3 is 10.5 Å². The van der Waals surface area contributed by atoms with Crippen molar-refractivity contribution in [2.45, 2.75) is 6.61 Å². The summed E-state index contributed by atoms with van der Waals surface area (Å²) in [6.07, 6.45) is 0. The Morgan fingerprint density at radius 3 is 2.65 bits per heavy atom. The maximum Gasteiger partial charge on any atom is 0.338 e. The number of esters is 1. The minimum absolute atomic E-state index is 0.202. The van der Waals surface area contributed by atoms with Crippen LogP contribution in [0.2, 0.25) is 10.0 Å². The van der Waals surface area contributed by atoms with Crippen LogP contribution in [0.1, 0.15) is 15.9 Å². The van der Waals surface area contributed by atoms with Gasteiger partial charge in [-0.3, -0.25) is 0 Å². The molecule has 0 spiro atoms. The van der Waals surface area contributed by atoms with Crippen LogP contribution in [0.25, 0.3) is 0 Å². The first-order valence-corrected chi connectivity index (χ1v) is 6.39. The van der Waals surface area contributed by atoms with Crippen molar-refractivity contribution in [3.63, 3.8) is 0 Å². The summed E-state index contributed by atoms with van der Waals surface area (Å²) in [6, 6.07) is 8.41. The number of nitrogen functional groups attached to an aromatic ring is 1. The van der Waals surface area contributed by atoms with Gasteiger partial charge in [0.25, 0.3) is 0 Å². The third-order valence-electron chi connectivity index (χ3n) is 2.60. The highest BCUT2D eigenvalue weighted by Crippen LogP contribution is 2.21. The van der Waals surface area contributed by atoms with Crippen molar-refractivity contribution in [3.8, 4) is 0 Å². The summed E-state index contributed by atoms with van der Waals surface area (Å²) < 4.78 is 18.5. The maximum atomic E-state index is 13.5. The molecule has 0 atom stereocenters. The van der Waals surface area contributed by atoms with E-state index in [0.29, 0.717) is 10.0 Å². The largest absolute Gasteiger partial charge is 0.457 e. The van der Waals surface area contributed by atoms with E-state index in [9.17, 15) is 9.18 Å². The van der Waals surface area contributed by atoms with Crippen molar-refractivity contribution in [1.82, 2.24) is 0 Å². The summed E-state index contributed by atoms with van der Waals surface area (Å²) in [6.45, 7) is -0.215. The second-order valence-corrected chi connectivity index (χ2v) is 4.89. The Hall–Kier alpha value is -1.78. The predicted molar refractivity (Wildman–Crippen MR) is 76.4 cm³/mol. The number of anilines is 1. The van der Waals surface area contributed by atoms with Gasteiger partial charge in [-0.2, -0.15) is 0 Å². The van der Waals surface area contributed by atoms with Crippen molar-refractivity contribution < 1.29 is 13.9 Å². The van der Waals surface area contributed by atoms with Crippen LogP contribution in [0.4, 0.5) is 10.1 Å². The molecule has 0 fully saturated rings. The summed E-state index contributed by atoms with van der Waals surface area (Å²) in [7, 11) is 0. The van der Waals surface area contributed by atoms with Gasteiger partial charge in [-0.1, -0.05) is 23.2 Å². The molecule has 0 amide bonds. The molecule has 104 valence electrons. The monoisotopic (exact) mass is 313 g/mol. The molecular formula is C14H10Cl2FNO2. The van der Waals surface area contributed by atoms with E-state index in [0.717, 1.165) is 0 Å². The van der Waals surface area contributed by atoms with Crippen LogP contribution in [-0.4, -0.2) is 5.97 Å². The molecule has 0 aliphatic carbocycles. The van der Waals surface area contributed by atoms with E-state index >= 15 is 0 Å². The summed E-state index contributed by atoms with van der Waals surface area (Å²) in [5.41, 5.74) is 6.31. The van der Waals surface area contributed by atoms with E-state index in [4.69, 9.17) is 33.7 Å². The van der Waals surface area contributed by atoms with Gasteiger partial charge in [-0.15, -0.1) is 0 Å². The maximum absolute atomic E-state index is 13.5. The van der Waals surface area contributed by atoms with Crippen LogP contribution in [0.15, 0.2) is 36.4 Å². The zero-order chi connectivity index (χ0) is 14.7. The number of hydrogen-bond acceptors (Lipinski definition) is 3. The Morgan fingerprint density at radius 2 is 1.95 bits per heavy atom. The standard InChI is InChI=1S/C14H10Cl2FNO2/c15-10-2-4-12(17)9(5-10)7-20-14(19)8-1-3-11(16)13(18)6-8/h1-6H,7,18H2. The van der Waals surface area contributed by atoms with Gasteiger partial charge in [0.15, 0.2) is 0 Å². The molecular weight excluding hydrogens is 304 g/mol. The van der Waals surface area contributed by atoms with Crippen LogP contribution < -0.4 is 5.73 Å². The molecule has 2 rings (SSSR count). The van der Waals surface area contributed by atoms with Gasteiger partial charge in [0.1, 0.15) is 12.4 Å². The lowest BCUT2D eigenvalue weighted by atomic mass is 10.2. The van der Waals surface area contributed by atoms with Gasteiger partial charge in [-0.25, -0.2) is 9.18 Å². The number of carbonyl (C=O) groups is 1. The van der Waals surface area contributed by atoms with Crippen LogP contribution in [0.5, 0.6) is 0 Å². The normalized spacial score (nSPS) is 10.3. The fourth-order valence-electron chi connectivity index (χ4n) is 1.55. The minimum Gasteiger partial charge on any atom is -0.457 e. The third kappa shape index (κ3) is 3.40. The zero-order valence-corrected chi connectivity index (χ0v) is 11.7. The quantitative estimate of drug-likeness (QED) is 0.686.